The minimum Gasteiger partial charge on any atom is -0.348 e. The predicted octanol–water partition coefficient (Wildman–Crippen LogP) is 2.42. The summed E-state index contributed by atoms with van der Waals surface area (Å²) in [4.78, 5) is 10.9. The Hall–Kier alpha value is -0.790. The fraction of sp³-hybridized carbons (Fsp3) is 0.600. The second kappa shape index (κ2) is 6.89. The summed E-state index contributed by atoms with van der Waals surface area (Å²) in [6, 6.07) is 0. The normalized spacial score (nSPS) is 9.50. The first-order valence-corrected chi connectivity index (χ1v) is 4.46. The van der Waals surface area contributed by atoms with E-state index >= 15 is 0 Å². The summed E-state index contributed by atoms with van der Waals surface area (Å²) < 4.78 is 0. The summed E-state index contributed by atoms with van der Waals surface area (Å²) >= 11 is 0. The van der Waals surface area contributed by atoms with Crippen molar-refractivity contribution in [2.24, 2.45) is 0 Å². The van der Waals surface area contributed by atoms with Crippen molar-refractivity contribution in [2.75, 3.05) is 0 Å². The fourth-order valence-electron chi connectivity index (χ4n) is 0.784. The van der Waals surface area contributed by atoms with Gasteiger partial charge in [-0.3, -0.25) is 4.79 Å². The van der Waals surface area contributed by atoms with E-state index in [2.05, 4.69) is 18.8 Å². The van der Waals surface area contributed by atoms with Crippen LogP contribution >= 0.6 is 0 Å². The second-order valence-electron chi connectivity index (χ2n) is 2.95. The zero-order valence-electron chi connectivity index (χ0n) is 8.02. The lowest BCUT2D eigenvalue weighted by Crippen LogP contribution is -2.20. The largest absolute Gasteiger partial charge is 0.348 e. The Morgan fingerprint density at radius 3 is 2.67 bits per heavy atom. The molecule has 0 bridgehead atoms. The first-order valence-electron chi connectivity index (χ1n) is 4.46. The van der Waals surface area contributed by atoms with Crippen LogP contribution in [0.25, 0.3) is 0 Å². The van der Waals surface area contributed by atoms with E-state index in [1.165, 1.54) is 12.8 Å². The number of carbonyl (C=O) groups is 1. The molecule has 2 nitrogen and oxygen atoms in total. The van der Waals surface area contributed by atoms with Gasteiger partial charge in [-0.25, -0.2) is 0 Å². The maximum Gasteiger partial charge on any atom is 0.246 e. The van der Waals surface area contributed by atoms with Gasteiger partial charge in [0.1, 0.15) is 0 Å². The highest BCUT2D eigenvalue weighted by atomic mass is 16.1. The van der Waals surface area contributed by atoms with Gasteiger partial charge >= 0.3 is 0 Å². The molecule has 2 heteroatoms. The molecule has 0 heterocycles. The molecule has 0 aliphatic heterocycles. The molecule has 0 saturated carbocycles. The SMILES string of the molecule is C=C(C)C(=O)N[CH]CCCCC. The van der Waals surface area contributed by atoms with Crippen LogP contribution < -0.4 is 5.32 Å². The Morgan fingerprint density at radius 1 is 1.50 bits per heavy atom. The molecule has 1 amide bonds. The highest BCUT2D eigenvalue weighted by Crippen LogP contribution is 1.99. The highest BCUT2D eigenvalue weighted by molar-refractivity contribution is 5.92. The van der Waals surface area contributed by atoms with Crippen molar-refractivity contribution in [1.29, 1.82) is 0 Å². The zero-order chi connectivity index (χ0) is 9.40. The van der Waals surface area contributed by atoms with E-state index in [0.29, 0.717) is 5.57 Å². The summed E-state index contributed by atoms with van der Waals surface area (Å²) in [5.74, 6) is -0.0773. The molecule has 0 aromatic carbocycles. The van der Waals surface area contributed by atoms with E-state index in [1.807, 2.05) is 6.54 Å². The molecule has 69 valence electrons. The van der Waals surface area contributed by atoms with Gasteiger partial charge in [0.2, 0.25) is 5.91 Å². The number of rotatable bonds is 6. The van der Waals surface area contributed by atoms with Gasteiger partial charge in [-0.15, -0.1) is 0 Å². The molecule has 0 aliphatic carbocycles. The number of hydrogen-bond donors (Lipinski definition) is 1. The van der Waals surface area contributed by atoms with Gasteiger partial charge in [0.15, 0.2) is 0 Å². The van der Waals surface area contributed by atoms with E-state index in [0.717, 1.165) is 12.8 Å². The van der Waals surface area contributed by atoms with Crippen molar-refractivity contribution >= 4 is 5.91 Å². The fourth-order valence-corrected chi connectivity index (χ4v) is 0.784. The third kappa shape index (κ3) is 5.96. The van der Waals surface area contributed by atoms with Crippen molar-refractivity contribution in [3.05, 3.63) is 18.7 Å². The standard InChI is InChI=1S/C10H18NO/c1-4-5-6-7-8-11-10(12)9(2)3/h8H,2,4-7H2,1,3H3,(H,11,12). The first-order chi connectivity index (χ1) is 5.68. The molecule has 0 spiro atoms. The first kappa shape index (κ1) is 11.2. The third-order valence-electron chi connectivity index (χ3n) is 1.57. The Bertz CT molecular complexity index is 152. The van der Waals surface area contributed by atoms with Gasteiger partial charge < -0.3 is 5.32 Å². The molecule has 0 aromatic rings. The smallest absolute Gasteiger partial charge is 0.246 e. The molecule has 0 aliphatic rings. The van der Waals surface area contributed by atoms with Crippen LogP contribution in [0.5, 0.6) is 0 Å². The number of carbonyl (C=O) groups excluding carboxylic acids is 1. The van der Waals surface area contributed by atoms with Crippen molar-refractivity contribution in [1.82, 2.24) is 5.32 Å². The van der Waals surface area contributed by atoms with Crippen LogP contribution in [0.1, 0.15) is 39.5 Å². The van der Waals surface area contributed by atoms with Gasteiger partial charge in [0.05, 0.1) is 0 Å². The van der Waals surface area contributed by atoms with Gasteiger partial charge in [-0.05, 0) is 13.3 Å². The van der Waals surface area contributed by atoms with Crippen LogP contribution in [0.2, 0.25) is 0 Å². The van der Waals surface area contributed by atoms with E-state index in [9.17, 15) is 4.79 Å². The molecular weight excluding hydrogens is 150 g/mol. The van der Waals surface area contributed by atoms with Crippen molar-refractivity contribution in [3.8, 4) is 0 Å². The minimum atomic E-state index is -0.0773. The molecule has 0 saturated heterocycles. The maximum absolute atomic E-state index is 10.9. The number of nitrogens with one attached hydrogen (secondary N) is 1. The minimum absolute atomic E-state index is 0.0773. The van der Waals surface area contributed by atoms with Crippen LogP contribution in [0.15, 0.2) is 12.2 Å². The van der Waals surface area contributed by atoms with E-state index in [-0.39, 0.29) is 5.91 Å². The van der Waals surface area contributed by atoms with Gasteiger partial charge in [-0.1, -0.05) is 32.8 Å². The van der Waals surface area contributed by atoms with Crippen molar-refractivity contribution in [2.45, 2.75) is 39.5 Å². The van der Waals surface area contributed by atoms with Crippen LogP contribution in [-0.4, -0.2) is 5.91 Å². The summed E-state index contributed by atoms with van der Waals surface area (Å²) in [6.07, 6.45) is 4.53. The lowest BCUT2D eigenvalue weighted by atomic mass is 10.2. The average molecular weight is 168 g/mol. The Labute approximate surface area is 75.0 Å². The quantitative estimate of drug-likeness (QED) is 0.479. The summed E-state index contributed by atoms with van der Waals surface area (Å²) in [6.45, 7) is 9.21. The zero-order valence-corrected chi connectivity index (χ0v) is 8.02. The van der Waals surface area contributed by atoms with Crippen LogP contribution in [0, 0.1) is 6.54 Å². The summed E-state index contributed by atoms with van der Waals surface area (Å²) in [7, 11) is 0. The predicted molar refractivity (Wildman–Crippen MR) is 51.4 cm³/mol. The number of hydrogen-bond acceptors (Lipinski definition) is 1. The molecule has 0 fully saturated rings. The maximum atomic E-state index is 10.9. The molecule has 12 heavy (non-hydrogen) atoms. The van der Waals surface area contributed by atoms with Crippen LogP contribution in [-0.2, 0) is 4.79 Å². The molecule has 0 rings (SSSR count). The van der Waals surface area contributed by atoms with E-state index in [4.69, 9.17) is 0 Å². The van der Waals surface area contributed by atoms with Gasteiger partial charge in [0, 0.05) is 12.1 Å². The monoisotopic (exact) mass is 168 g/mol. The molecule has 1 N–H and O–H groups in total. The molecule has 0 aromatic heterocycles. The van der Waals surface area contributed by atoms with Gasteiger partial charge in [0.25, 0.3) is 0 Å². The third-order valence-corrected chi connectivity index (χ3v) is 1.57. The average Bonchev–Trinajstić information content (AvgIpc) is 2.03. The molecular formula is C10H18NO. The molecule has 1 radical (unpaired) electrons. The Balaban J connectivity index is 3.20. The number of amides is 1. The van der Waals surface area contributed by atoms with Gasteiger partial charge in [-0.2, -0.15) is 0 Å². The lowest BCUT2D eigenvalue weighted by molar-refractivity contribution is -0.116. The Morgan fingerprint density at radius 2 is 2.17 bits per heavy atom. The second-order valence-corrected chi connectivity index (χ2v) is 2.95. The topological polar surface area (TPSA) is 29.1 Å². The summed E-state index contributed by atoms with van der Waals surface area (Å²) in [5.41, 5.74) is 0.557. The lowest BCUT2D eigenvalue weighted by Gasteiger charge is -2.02. The molecule has 0 unspecified atom stereocenters. The van der Waals surface area contributed by atoms with E-state index < -0.39 is 0 Å². The van der Waals surface area contributed by atoms with Crippen molar-refractivity contribution < 1.29 is 4.79 Å². The van der Waals surface area contributed by atoms with Crippen molar-refractivity contribution in [3.63, 3.8) is 0 Å². The number of unbranched alkanes of at least 4 members (excludes halogenated alkanes) is 3. The van der Waals surface area contributed by atoms with Crippen LogP contribution in [0.4, 0.5) is 0 Å². The Kier molecular flexibility index (Phi) is 6.44. The highest BCUT2D eigenvalue weighted by Gasteiger charge is 1.98. The summed E-state index contributed by atoms with van der Waals surface area (Å²) in [5, 5.41) is 2.68. The van der Waals surface area contributed by atoms with E-state index in [1.54, 1.807) is 6.92 Å². The molecule has 0 atom stereocenters. The van der Waals surface area contributed by atoms with Crippen LogP contribution in [0.3, 0.4) is 0 Å².